The highest BCUT2D eigenvalue weighted by atomic mass is 19.1. The van der Waals surface area contributed by atoms with Gasteiger partial charge in [0.05, 0.1) is 7.11 Å². The van der Waals surface area contributed by atoms with E-state index in [4.69, 9.17) is 9.84 Å². The van der Waals surface area contributed by atoms with Gasteiger partial charge in [-0.3, -0.25) is 9.69 Å². The first kappa shape index (κ1) is 14.4. The topological polar surface area (TPSA) is 49.8 Å². The van der Waals surface area contributed by atoms with Gasteiger partial charge in [-0.1, -0.05) is 6.07 Å². The maximum absolute atomic E-state index is 13.5. The Hall–Kier alpha value is -1.62. The molecule has 1 aromatic rings. The number of rotatable bonds is 5. The smallest absolute Gasteiger partial charge is 0.323 e. The van der Waals surface area contributed by atoms with Crippen molar-refractivity contribution in [1.29, 1.82) is 0 Å². The van der Waals surface area contributed by atoms with E-state index in [1.807, 2.05) is 0 Å². The molecule has 0 bridgehead atoms. The number of benzene rings is 1. The fourth-order valence-electron chi connectivity index (χ4n) is 1.44. The summed E-state index contributed by atoms with van der Waals surface area (Å²) in [5.74, 6) is -1.19. The molecule has 0 aromatic heterocycles. The predicted molar refractivity (Wildman–Crippen MR) is 66.1 cm³/mol. The fraction of sp³-hybridized carbons (Fsp3) is 0.462. The largest absolute Gasteiger partial charge is 0.494 e. The molecule has 0 radical (unpaired) electrons. The quantitative estimate of drug-likeness (QED) is 0.875. The van der Waals surface area contributed by atoms with Gasteiger partial charge in [0, 0.05) is 6.54 Å². The molecule has 0 unspecified atom stereocenters. The van der Waals surface area contributed by atoms with Gasteiger partial charge in [-0.2, -0.15) is 0 Å². The van der Waals surface area contributed by atoms with Crippen molar-refractivity contribution in [1.82, 2.24) is 4.90 Å². The molecule has 0 saturated heterocycles. The van der Waals surface area contributed by atoms with Gasteiger partial charge in [0.1, 0.15) is 5.54 Å². The van der Waals surface area contributed by atoms with E-state index in [2.05, 4.69) is 0 Å². The minimum absolute atomic E-state index is 0.180. The van der Waals surface area contributed by atoms with E-state index in [1.165, 1.54) is 19.2 Å². The van der Waals surface area contributed by atoms with Crippen LogP contribution in [0.3, 0.4) is 0 Å². The summed E-state index contributed by atoms with van der Waals surface area (Å²) >= 11 is 0. The minimum Gasteiger partial charge on any atom is -0.494 e. The lowest BCUT2D eigenvalue weighted by atomic mass is 10.0. The summed E-state index contributed by atoms with van der Waals surface area (Å²) in [6.45, 7) is 3.56. The van der Waals surface area contributed by atoms with Crippen molar-refractivity contribution in [2.45, 2.75) is 25.9 Å². The first-order chi connectivity index (χ1) is 8.28. The van der Waals surface area contributed by atoms with Crippen LogP contribution in [-0.4, -0.2) is 35.7 Å². The number of aliphatic carboxylic acids is 1. The Balaban J connectivity index is 2.85. The van der Waals surface area contributed by atoms with Crippen LogP contribution in [0, 0.1) is 5.82 Å². The van der Waals surface area contributed by atoms with Crippen molar-refractivity contribution in [3.05, 3.63) is 29.6 Å². The molecule has 0 atom stereocenters. The van der Waals surface area contributed by atoms with Crippen molar-refractivity contribution >= 4 is 5.97 Å². The first-order valence-electron chi connectivity index (χ1n) is 5.56. The van der Waals surface area contributed by atoms with Crippen molar-refractivity contribution in [3.8, 4) is 5.75 Å². The van der Waals surface area contributed by atoms with E-state index in [0.29, 0.717) is 12.1 Å². The third-order valence-electron chi connectivity index (χ3n) is 3.11. The number of carboxylic acid groups (broad SMARTS) is 1. The maximum atomic E-state index is 13.5. The lowest BCUT2D eigenvalue weighted by molar-refractivity contribution is -0.148. The molecule has 0 aliphatic heterocycles. The number of likely N-dealkylation sites (N-methyl/N-ethyl adjacent to an activating group) is 1. The zero-order valence-electron chi connectivity index (χ0n) is 11.0. The zero-order valence-corrected chi connectivity index (χ0v) is 11.0. The Bertz CT molecular complexity index is 446. The number of nitrogens with zero attached hydrogens (tertiary/aromatic N) is 1. The van der Waals surface area contributed by atoms with E-state index in [-0.39, 0.29) is 5.75 Å². The number of carbonyl (C=O) groups is 1. The molecule has 0 saturated carbocycles. The molecule has 0 spiro atoms. The van der Waals surface area contributed by atoms with Crippen LogP contribution in [0.25, 0.3) is 0 Å². The van der Waals surface area contributed by atoms with E-state index < -0.39 is 17.3 Å². The van der Waals surface area contributed by atoms with Crippen molar-refractivity contribution in [2.75, 3.05) is 14.2 Å². The molecule has 0 aliphatic carbocycles. The third kappa shape index (κ3) is 2.98. The normalized spacial score (nSPS) is 11.7. The molecule has 0 amide bonds. The second-order valence-electron chi connectivity index (χ2n) is 4.69. The molecule has 18 heavy (non-hydrogen) atoms. The monoisotopic (exact) mass is 255 g/mol. The second-order valence-corrected chi connectivity index (χ2v) is 4.69. The summed E-state index contributed by atoms with van der Waals surface area (Å²) in [6.07, 6.45) is 0. The Kier molecular flexibility index (Phi) is 4.29. The van der Waals surface area contributed by atoms with Crippen molar-refractivity contribution in [2.24, 2.45) is 0 Å². The lowest BCUT2D eigenvalue weighted by Gasteiger charge is -2.31. The number of methoxy groups -OCH3 is 1. The Morgan fingerprint density at radius 3 is 2.56 bits per heavy atom. The summed E-state index contributed by atoms with van der Waals surface area (Å²) in [4.78, 5) is 12.7. The van der Waals surface area contributed by atoms with Gasteiger partial charge in [-0.25, -0.2) is 4.39 Å². The highest BCUT2D eigenvalue weighted by molar-refractivity contribution is 5.77. The molecule has 1 aromatic carbocycles. The van der Waals surface area contributed by atoms with Crippen LogP contribution in [-0.2, 0) is 11.3 Å². The molecule has 1 N–H and O–H groups in total. The van der Waals surface area contributed by atoms with Gasteiger partial charge >= 0.3 is 5.97 Å². The molecular weight excluding hydrogens is 237 g/mol. The number of hydrogen-bond donors (Lipinski definition) is 1. The maximum Gasteiger partial charge on any atom is 0.323 e. The third-order valence-corrected chi connectivity index (χ3v) is 3.11. The van der Waals surface area contributed by atoms with Crippen LogP contribution < -0.4 is 4.74 Å². The van der Waals surface area contributed by atoms with Gasteiger partial charge < -0.3 is 9.84 Å². The van der Waals surface area contributed by atoms with Gasteiger partial charge in [0.15, 0.2) is 11.6 Å². The summed E-state index contributed by atoms with van der Waals surface area (Å²) < 4.78 is 18.3. The molecule has 1 rings (SSSR count). The van der Waals surface area contributed by atoms with E-state index in [1.54, 1.807) is 31.9 Å². The summed E-state index contributed by atoms with van der Waals surface area (Å²) in [7, 11) is 3.09. The summed E-state index contributed by atoms with van der Waals surface area (Å²) in [5.41, 5.74) is -0.304. The molecule has 4 nitrogen and oxygen atoms in total. The van der Waals surface area contributed by atoms with Crippen LogP contribution in [0.15, 0.2) is 18.2 Å². The van der Waals surface area contributed by atoms with E-state index >= 15 is 0 Å². The second kappa shape index (κ2) is 5.35. The lowest BCUT2D eigenvalue weighted by Crippen LogP contribution is -2.47. The van der Waals surface area contributed by atoms with Gasteiger partial charge in [0.25, 0.3) is 0 Å². The standard InChI is InChI=1S/C13H18FNO3/c1-13(2,12(16)17)15(3)8-9-5-6-11(18-4)10(14)7-9/h5-7H,8H2,1-4H3,(H,16,17). The first-order valence-corrected chi connectivity index (χ1v) is 5.56. The van der Waals surface area contributed by atoms with Crippen LogP contribution in [0.4, 0.5) is 4.39 Å². The fourth-order valence-corrected chi connectivity index (χ4v) is 1.44. The van der Waals surface area contributed by atoms with Gasteiger partial charge in [0.2, 0.25) is 0 Å². The molecule has 0 fully saturated rings. The Morgan fingerprint density at radius 1 is 1.50 bits per heavy atom. The van der Waals surface area contributed by atoms with Crippen molar-refractivity contribution < 1.29 is 19.0 Å². The van der Waals surface area contributed by atoms with Crippen LogP contribution in [0.2, 0.25) is 0 Å². The number of ether oxygens (including phenoxy) is 1. The molecule has 100 valence electrons. The van der Waals surface area contributed by atoms with Crippen LogP contribution >= 0.6 is 0 Å². The summed E-state index contributed by atoms with van der Waals surface area (Å²) in [5, 5.41) is 9.09. The predicted octanol–water partition coefficient (Wildman–Crippen LogP) is 2.13. The molecule has 0 aliphatic rings. The van der Waals surface area contributed by atoms with E-state index in [9.17, 15) is 9.18 Å². The molecule has 0 heterocycles. The Morgan fingerprint density at radius 2 is 2.11 bits per heavy atom. The molecule has 5 heteroatoms. The average molecular weight is 255 g/mol. The Labute approximate surface area is 106 Å². The number of hydrogen-bond acceptors (Lipinski definition) is 3. The number of carboxylic acids is 1. The highest BCUT2D eigenvalue weighted by Crippen LogP contribution is 2.21. The average Bonchev–Trinajstić information content (AvgIpc) is 2.28. The summed E-state index contributed by atoms with van der Waals surface area (Å²) in [6, 6.07) is 4.61. The molecular formula is C13H18FNO3. The van der Waals surface area contributed by atoms with Crippen LogP contribution in [0.1, 0.15) is 19.4 Å². The minimum atomic E-state index is -1.00. The van der Waals surface area contributed by atoms with Crippen molar-refractivity contribution in [3.63, 3.8) is 0 Å². The SMILES string of the molecule is COc1ccc(CN(C)C(C)(C)C(=O)O)cc1F. The number of halogens is 1. The van der Waals surface area contributed by atoms with Crippen LogP contribution in [0.5, 0.6) is 5.75 Å². The van der Waals surface area contributed by atoms with Gasteiger partial charge in [-0.05, 0) is 38.6 Å². The van der Waals surface area contributed by atoms with Gasteiger partial charge in [-0.15, -0.1) is 0 Å². The zero-order chi connectivity index (χ0) is 13.9. The highest BCUT2D eigenvalue weighted by Gasteiger charge is 2.31. The van der Waals surface area contributed by atoms with E-state index in [0.717, 1.165) is 0 Å².